The van der Waals surface area contributed by atoms with Gasteiger partial charge in [0, 0.05) is 23.5 Å². The molecule has 0 unspecified atom stereocenters. The second kappa shape index (κ2) is 8.97. The topological polar surface area (TPSA) is 69.6 Å². The van der Waals surface area contributed by atoms with E-state index in [2.05, 4.69) is 36.9 Å². The molecule has 0 saturated heterocycles. The highest BCUT2D eigenvalue weighted by atomic mass is 32.2. The monoisotopic (exact) mass is 425 g/mol. The van der Waals surface area contributed by atoms with E-state index in [9.17, 15) is 0 Å². The summed E-state index contributed by atoms with van der Waals surface area (Å²) >= 11 is 1.56. The van der Waals surface area contributed by atoms with Gasteiger partial charge in [0.25, 0.3) is 0 Å². The number of hydrogen-bond acceptors (Lipinski definition) is 6. The number of hydrogen-bond donors (Lipinski definition) is 0. The van der Waals surface area contributed by atoms with Gasteiger partial charge >= 0.3 is 0 Å². The van der Waals surface area contributed by atoms with Crippen LogP contribution in [0.3, 0.4) is 0 Å². The normalized spacial score (nSPS) is 11.0. The molecule has 0 saturated carbocycles. The zero-order valence-corrected chi connectivity index (χ0v) is 17.4. The van der Waals surface area contributed by atoms with E-state index in [1.54, 1.807) is 30.4 Å². The van der Waals surface area contributed by atoms with Crippen LogP contribution in [0, 0.1) is 0 Å². The van der Waals surface area contributed by atoms with Crippen LogP contribution in [0.2, 0.25) is 0 Å². The number of thioether (sulfide) groups is 1. The summed E-state index contributed by atoms with van der Waals surface area (Å²) in [7, 11) is 0. The van der Waals surface area contributed by atoms with Gasteiger partial charge in [0.05, 0.1) is 18.5 Å². The Labute approximate surface area is 184 Å². The van der Waals surface area contributed by atoms with Gasteiger partial charge in [-0.05, 0) is 17.7 Å². The molecule has 152 valence electrons. The van der Waals surface area contributed by atoms with Crippen molar-refractivity contribution >= 4 is 11.8 Å². The predicted molar refractivity (Wildman–Crippen MR) is 120 cm³/mol. The molecule has 0 aliphatic carbocycles. The molecule has 6 nitrogen and oxygen atoms in total. The fraction of sp³-hybridized carbons (Fsp3) is 0.0833. The summed E-state index contributed by atoms with van der Waals surface area (Å²) in [6.07, 6.45) is 5.32. The van der Waals surface area contributed by atoms with Gasteiger partial charge in [-0.3, -0.25) is 9.55 Å². The quantitative estimate of drug-likeness (QED) is 0.328. The molecule has 5 aromatic rings. The van der Waals surface area contributed by atoms with Crippen molar-refractivity contribution in [2.75, 3.05) is 0 Å². The van der Waals surface area contributed by atoms with Crippen molar-refractivity contribution in [1.82, 2.24) is 24.7 Å². The van der Waals surface area contributed by atoms with Crippen molar-refractivity contribution in [3.8, 4) is 22.7 Å². The van der Waals surface area contributed by atoms with E-state index in [1.165, 1.54) is 5.56 Å². The molecule has 0 aliphatic rings. The first kappa shape index (κ1) is 19.3. The molecule has 5 rings (SSSR count). The van der Waals surface area contributed by atoms with Crippen LogP contribution in [0.1, 0.15) is 11.5 Å². The first-order chi connectivity index (χ1) is 15.4. The molecule has 0 amide bonds. The van der Waals surface area contributed by atoms with E-state index >= 15 is 0 Å². The molecular weight excluding hydrogens is 406 g/mol. The lowest BCUT2D eigenvalue weighted by Crippen LogP contribution is -2.04. The average Bonchev–Trinajstić information content (AvgIpc) is 3.47. The first-order valence-electron chi connectivity index (χ1n) is 9.87. The Bertz CT molecular complexity index is 1250. The van der Waals surface area contributed by atoms with Crippen LogP contribution in [-0.2, 0) is 12.3 Å². The maximum atomic E-state index is 5.94. The van der Waals surface area contributed by atoms with Crippen LogP contribution in [0.15, 0.2) is 101 Å². The molecule has 31 heavy (non-hydrogen) atoms. The summed E-state index contributed by atoms with van der Waals surface area (Å²) in [5.74, 6) is 2.77. The predicted octanol–water partition coefficient (Wildman–Crippen LogP) is 5.34. The molecule has 0 radical (unpaired) electrons. The standard InChI is InChI=1S/C24H19N5OS/c1-3-8-18(9-4-1)16-29-23(20-12-7-13-25-14-20)27-28-24(29)31-17-22-26-15-21(30-22)19-10-5-2-6-11-19/h1-15H,16-17H2. The second-order valence-electron chi connectivity index (χ2n) is 6.89. The number of benzene rings is 2. The maximum absolute atomic E-state index is 5.94. The molecule has 0 N–H and O–H groups in total. The number of pyridine rings is 1. The zero-order valence-electron chi connectivity index (χ0n) is 16.6. The summed E-state index contributed by atoms with van der Waals surface area (Å²) in [6, 6.07) is 24.1. The Kier molecular flexibility index (Phi) is 5.58. The fourth-order valence-corrected chi connectivity index (χ4v) is 4.04. The average molecular weight is 426 g/mol. The van der Waals surface area contributed by atoms with E-state index < -0.39 is 0 Å². The third-order valence-electron chi connectivity index (χ3n) is 4.76. The SMILES string of the molecule is c1ccc(Cn2c(SCc3ncc(-c4ccccc4)o3)nnc2-c2cccnc2)cc1. The highest BCUT2D eigenvalue weighted by Gasteiger charge is 2.16. The Morgan fingerprint density at radius 1 is 0.806 bits per heavy atom. The Hall–Kier alpha value is -3.71. The largest absolute Gasteiger partial charge is 0.440 e. The Balaban J connectivity index is 1.40. The molecule has 7 heteroatoms. The van der Waals surface area contributed by atoms with Crippen molar-refractivity contribution in [3.05, 3.63) is 103 Å². The smallest absolute Gasteiger partial charge is 0.205 e. The molecule has 0 atom stereocenters. The maximum Gasteiger partial charge on any atom is 0.205 e. The Morgan fingerprint density at radius 3 is 2.35 bits per heavy atom. The molecule has 0 bridgehead atoms. The van der Waals surface area contributed by atoms with Crippen LogP contribution in [0.25, 0.3) is 22.7 Å². The minimum Gasteiger partial charge on any atom is -0.440 e. The van der Waals surface area contributed by atoms with E-state index in [1.807, 2.05) is 60.7 Å². The van der Waals surface area contributed by atoms with Gasteiger partial charge in [-0.2, -0.15) is 0 Å². The fourth-order valence-electron chi connectivity index (χ4n) is 3.25. The molecule has 0 spiro atoms. The molecule has 0 fully saturated rings. The first-order valence-corrected chi connectivity index (χ1v) is 10.9. The van der Waals surface area contributed by atoms with Gasteiger partial charge in [-0.1, -0.05) is 72.4 Å². The third kappa shape index (κ3) is 4.41. The molecular formula is C24H19N5OS. The number of nitrogens with zero attached hydrogens (tertiary/aromatic N) is 5. The lowest BCUT2D eigenvalue weighted by Gasteiger charge is -2.10. The van der Waals surface area contributed by atoms with Gasteiger partial charge in [0.1, 0.15) is 0 Å². The van der Waals surface area contributed by atoms with Gasteiger partial charge < -0.3 is 4.42 Å². The van der Waals surface area contributed by atoms with E-state index in [0.29, 0.717) is 18.2 Å². The van der Waals surface area contributed by atoms with Crippen LogP contribution in [0.5, 0.6) is 0 Å². The molecule has 0 aliphatic heterocycles. The van der Waals surface area contributed by atoms with Gasteiger partial charge in [0.15, 0.2) is 16.7 Å². The van der Waals surface area contributed by atoms with Crippen LogP contribution in [-0.4, -0.2) is 24.7 Å². The summed E-state index contributed by atoms with van der Waals surface area (Å²) < 4.78 is 8.05. The summed E-state index contributed by atoms with van der Waals surface area (Å²) in [5, 5.41) is 9.70. The van der Waals surface area contributed by atoms with Crippen molar-refractivity contribution < 1.29 is 4.42 Å². The van der Waals surface area contributed by atoms with Crippen molar-refractivity contribution in [2.24, 2.45) is 0 Å². The third-order valence-corrected chi connectivity index (χ3v) is 5.71. The van der Waals surface area contributed by atoms with Crippen LogP contribution >= 0.6 is 11.8 Å². The van der Waals surface area contributed by atoms with E-state index in [0.717, 1.165) is 27.9 Å². The minimum atomic E-state index is 0.562. The van der Waals surface area contributed by atoms with Crippen molar-refractivity contribution in [1.29, 1.82) is 0 Å². The van der Waals surface area contributed by atoms with Gasteiger partial charge in [-0.15, -0.1) is 10.2 Å². The zero-order chi connectivity index (χ0) is 20.9. The highest BCUT2D eigenvalue weighted by molar-refractivity contribution is 7.98. The number of rotatable bonds is 7. The van der Waals surface area contributed by atoms with Crippen LogP contribution in [0.4, 0.5) is 0 Å². The minimum absolute atomic E-state index is 0.562. The van der Waals surface area contributed by atoms with E-state index in [-0.39, 0.29) is 0 Å². The van der Waals surface area contributed by atoms with E-state index in [4.69, 9.17) is 4.42 Å². The molecule has 3 heterocycles. The lowest BCUT2D eigenvalue weighted by atomic mass is 10.2. The molecule has 3 aromatic heterocycles. The summed E-state index contributed by atoms with van der Waals surface area (Å²) in [6.45, 7) is 0.668. The van der Waals surface area contributed by atoms with Crippen molar-refractivity contribution in [3.63, 3.8) is 0 Å². The lowest BCUT2D eigenvalue weighted by molar-refractivity contribution is 0.529. The highest BCUT2D eigenvalue weighted by Crippen LogP contribution is 2.28. The molecule has 2 aromatic carbocycles. The number of oxazole rings is 1. The second-order valence-corrected chi connectivity index (χ2v) is 7.84. The Morgan fingerprint density at radius 2 is 1.58 bits per heavy atom. The van der Waals surface area contributed by atoms with Gasteiger partial charge in [0.2, 0.25) is 5.89 Å². The number of aromatic nitrogens is 5. The summed E-state index contributed by atoms with van der Waals surface area (Å²) in [5.41, 5.74) is 3.12. The van der Waals surface area contributed by atoms with Crippen molar-refractivity contribution in [2.45, 2.75) is 17.5 Å². The van der Waals surface area contributed by atoms with Gasteiger partial charge in [-0.25, -0.2) is 4.98 Å². The van der Waals surface area contributed by atoms with Crippen LogP contribution < -0.4 is 0 Å². The summed E-state index contributed by atoms with van der Waals surface area (Å²) in [4.78, 5) is 8.66.